The number of aryl methyl sites for hydroxylation is 1. The summed E-state index contributed by atoms with van der Waals surface area (Å²) in [7, 11) is 1.51. The van der Waals surface area contributed by atoms with E-state index >= 15 is 0 Å². The van der Waals surface area contributed by atoms with Gasteiger partial charge in [-0.05, 0) is 12.5 Å². The van der Waals surface area contributed by atoms with Crippen molar-refractivity contribution < 1.29 is 9.53 Å². The summed E-state index contributed by atoms with van der Waals surface area (Å²) in [5, 5.41) is 6.68. The van der Waals surface area contributed by atoms with E-state index < -0.39 is 17.2 Å². The summed E-state index contributed by atoms with van der Waals surface area (Å²) in [6, 6.07) is 9.51. The quantitative estimate of drug-likeness (QED) is 0.465. The van der Waals surface area contributed by atoms with Crippen molar-refractivity contribution >= 4 is 28.7 Å². The molecule has 3 rings (SSSR count). The van der Waals surface area contributed by atoms with Crippen LogP contribution in [0.25, 0.3) is 0 Å². The van der Waals surface area contributed by atoms with Crippen molar-refractivity contribution in [2.45, 2.75) is 46.2 Å². The van der Waals surface area contributed by atoms with E-state index in [1.807, 2.05) is 51.1 Å². The van der Waals surface area contributed by atoms with Gasteiger partial charge in [0.1, 0.15) is 16.4 Å². The minimum Gasteiger partial charge on any atom is -0.383 e. The van der Waals surface area contributed by atoms with Crippen LogP contribution in [0.1, 0.15) is 46.7 Å². The number of hydrogen-bond donors (Lipinski definition) is 3. The van der Waals surface area contributed by atoms with Gasteiger partial charge in [-0.25, -0.2) is 9.78 Å². The fourth-order valence-corrected chi connectivity index (χ4v) is 4.16. The van der Waals surface area contributed by atoms with Crippen molar-refractivity contribution in [2.24, 2.45) is 0 Å². The molecule has 3 N–H and O–H groups in total. The van der Waals surface area contributed by atoms with Crippen molar-refractivity contribution in [3.63, 3.8) is 0 Å². The van der Waals surface area contributed by atoms with Gasteiger partial charge in [0.25, 0.3) is 11.5 Å². The van der Waals surface area contributed by atoms with Crippen LogP contribution in [0.4, 0.5) is 11.5 Å². The average Bonchev–Trinajstić information content (AvgIpc) is 3.16. The predicted molar refractivity (Wildman–Crippen MR) is 130 cm³/mol. The Morgan fingerprint density at radius 3 is 2.52 bits per heavy atom. The number of aromatic amines is 1. The van der Waals surface area contributed by atoms with Crippen LogP contribution in [0.5, 0.6) is 0 Å². The Bertz CT molecular complexity index is 1240. The number of thiazole rings is 1. The fraction of sp³-hybridized carbons (Fsp3) is 0.391. The van der Waals surface area contributed by atoms with Crippen LogP contribution < -0.4 is 21.9 Å². The van der Waals surface area contributed by atoms with Crippen molar-refractivity contribution in [2.75, 3.05) is 24.4 Å². The normalized spacial score (nSPS) is 11.4. The molecule has 0 fully saturated rings. The third-order valence-electron chi connectivity index (χ3n) is 4.91. The van der Waals surface area contributed by atoms with E-state index in [0.29, 0.717) is 17.1 Å². The molecule has 9 nitrogen and oxygen atoms in total. The van der Waals surface area contributed by atoms with Gasteiger partial charge in [0, 0.05) is 19.1 Å². The number of carbonyl (C=O) groups is 1. The van der Waals surface area contributed by atoms with Gasteiger partial charge in [0.15, 0.2) is 0 Å². The molecule has 10 heteroatoms. The number of nitrogens with zero attached hydrogens (tertiary/aromatic N) is 2. The SMILES string of the molecule is COCCn1c(NC(=O)c2sc(C(C)(C)C)nc2C)c(NCc2ccccc2)c(=O)[nH]c1=O. The molecule has 0 radical (unpaired) electrons. The molecule has 2 heterocycles. The molecule has 33 heavy (non-hydrogen) atoms. The fourth-order valence-electron chi connectivity index (χ4n) is 3.14. The Balaban J connectivity index is 2.02. The zero-order chi connectivity index (χ0) is 24.2. The summed E-state index contributed by atoms with van der Waals surface area (Å²) in [4.78, 5) is 45.8. The molecule has 0 spiro atoms. The number of H-pyrrole nitrogens is 1. The molecule has 0 aliphatic rings. The van der Waals surface area contributed by atoms with E-state index in [2.05, 4.69) is 20.6 Å². The monoisotopic (exact) mass is 471 g/mol. The molecule has 0 saturated carbocycles. The van der Waals surface area contributed by atoms with Crippen LogP contribution in [0.2, 0.25) is 0 Å². The van der Waals surface area contributed by atoms with Crippen molar-refractivity contribution in [1.29, 1.82) is 0 Å². The Kier molecular flexibility index (Phi) is 7.50. The van der Waals surface area contributed by atoms with Crippen LogP contribution in [0, 0.1) is 6.92 Å². The Labute approximate surface area is 195 Å². The second-order valence-electron chi connectivity index (χ2n) is 8.60. The van der Waals surface area contributed by atoms with E-state index in [1.165, 1.54) is 23.0 Å². The lowest BCUT2D eigenvalue weighted by Crippen LogP contribution is -2.36. The maximum Gasteiger partial charge on any atom is 0.330 e. The third kappa shape index (κ3) is 5.77. The molecule has 0 bridgehead atoms. The molecule has 0 aliphatic heterocycles. The van der Waals surface area contributed by atoms with E-state index in [1.54, 1.807) is 6.92 Å². The number of benzene rings is 1. The van der Waals surface area contributed by atoms with Crippen LogP contribution in [-0.4, -0.2) is 34.2 Å². The topological polar surface area (TPSA) is 118 Å². The lowest BCUT2D eigenvalue weighted by molar-refractivity contribution is 0.102. The summed E-state index contributed by atoms with van der Waals surface area (Å²) in [6.45, 7) is 8.55. The van der Waals surface area contributed by atoms with Gasteiger partial charge in [-0.3, -0.25) is 19.1 Å². The summed E-state index contributed by atoms with van der Waals surface area (Å²) in [5.74, 6) is -0.341. The first-order valence-corrected chi connectivity index (χ1v) is 11.4. The summed E-state index contributed by atoms with van der Waals surface area (Å²) < 4.78 is 6.40. The number of ether oxygens (including phenoxy) is 1. The smallest absolute Gasteiger partial charge is 0.330 e. The molecule has 0 aliphatic carbocycles. The Hall–Kier alpha value is -3.24. The zero-order valence-electron chi connectivity index (χ0n) is 19.4. The number of anilines is 2. The first kappa shape index (κ1) is 24.4. The first-order valence-electron chi connectivity index (χ1n) is 10.5. The van der Waals surface area contributed by atoms with Gasteiger partial charge in [-0.1, -0.05) is 51.1 Å². The second-order valence-corrected chi connectivity index (χ2v) is 9.60. The maximum atomic E-state index is 13.2. The van der Waals surface area contributed by atoms with Gasteiger partial charge in [0.2, 0.25) is 0 Å². The molecule has 176 valence electrons. The number of methoxy groups -OCH3 is 1. The van der Waals surface area contributed by atoms with Gasteiger partial charge in [-0.2, -0.15) is 0 Å². The van der Waals surface area contributed by atoms with Gasteiger partial charge >= 0.3 is 5.69 Å². The number of nitrogens with one attached hydrogen (secondary N) is 3. The van der Waals surface area contributed by atoms with E-state index in [0.717, 1.165) is 10.6 Å². The Morgan fingerprint density at radius 2 is 1.91 bits per heavy atom. The van der Waals surface area contributed by atoms with Crippen LogP contribution in [-0.2, 0) is 23.2 Å². The van der Waals surface area contributed by atoms with Crippen LogP contribution in [0.15, 0.2) is 39.9 Å². The number of rotatable bonds is 8. The van der Waals surface area contributed by atoms with Gasteiger partial charge in [0.05, 0.1) is 23.9 Å². The molecular formula is C23H29N5O4S. The third-order valence-corrected chi connectivity index (χ3v) is 6.49. The average molecular weight is 472 g/mol. The van der Waals surface area contributed by atoms with Gasteiger partial charge in [-0.15, -0.1) is 11.3 Å². The van der Waals surface area contributed by atoms with Crippen molar-refractivity contribution in [3.05, 3.63) is 72.3 Å². The predicted octanol–water partition coefficient (Wildman–Crippen LogP) is 3.11. The molecular weight excluding hydrogens is 442 g/mol. The molecule has 2 aromatic heterocycles. The first-order chi connectivity index (χ1) is 15.6. The minimum atomic E-state index is -0.631. The van der Waals surface area contributed by atoms with Gasteiger partial charge < -0.3 is 15.4 Å². The highest BCUT2D eigenvalue weighted by molar-refractivity contribution is 7.14. The maximum absolute atomic E-state index is 13.2. The number of amides is 1. The lowest BCUT2D eigenvalue weighted by atomic mass is 9.98. The molecule has 0 atom stereocenters. The van der Waals surface area contributed by atoms with E-state index in [9.17, 15) is 14.4 Å². The Morgan fingerprint density at radius 1 is 1.21 bits per heavy atom. The summed E-state index contributed by atoms with van der Waals surface area (Å²) in [5.41, 5.74) is 0.182. The number of aromatic nitrogens is 3. The van der Waals surface area contributed by atoms with Crippen LogP contribution in [0.3, 0.4) is 0 Å². The van der Waals surface area contributed by atoms with E-state index in [-0.39, 0.29) is 30.1 Å². The zero-order valence-corrected chi connectivity index (χ0v) is 20.3. The van der Waals surface area contributed by atoms with E-state index in [4.69, 9.17) is 4.74 Å². The highest BCUT2D eigenvalue weighted by atomic mass is 32.1. The molecule has 1 aromatic carbocycles. The summed E-state index contributed by atoms with van der Waals surface area (Å²) >= 11 is 1.30. The van der Waals surface area contributed by atoms with Crippen molar-refractivity contribution in [3.8, 4) is 0 Å². The molecule has 3 aromatic rings. The minimum absolute atomic E-state index is 0.0897. The highest BCUT2D eigenvalue weighted by Gasteiger charge is 2.25. The number of carbonyl (C=O) groups excluding carboxylic acids is 1. The number of hydrogen-bond acceptors (Lipinski definition) is 7. The highest BCUT2D eigenvalue weighted by Crippen LogP contribution is 2.30. The van der Waals surface area contributed by atoms with Crippen LogP contribution >= 0.6 is 11.3 Å². The summed E-state index contributed by atoms with van der Waals surface area (Å²) in [6.07, 6.45) is 0. The second kappa shape index (κ2) is 10.1. The lowest BCUT2D eigenvalue weighted by Gasteiger charge is -2.17. The largest absolute Gasteiger partial charge is 0.383 e. The van der Waals surface area contributed by atoms with Crippen molar-refractivity contribution in [1.82, 2.24) is 14.5 Å². The standard InChI is InChI=1S/C23H29N5O4S/c1-14-17(33-21(25-14)23(2,3)4)20(30)26-18-16(24-13-15-9-7-6-8-10-15)19(29)27-22(31)28(18)11-12-32-5/h6-10,24H,11-13H2,1-5H3,(H,26,30)(H,27,29,31). The molecule has 0 saturated heterocycles. The molecule has 1 amide bonds. The molecule has 0 unspecified atom stereocenters.